The number of nitrogens with two attached hydrogens (primary N) is 1. The van der Waals surface area contributed by atoms with Crippen molar-refractivity contribution in [3.63, 3.8) is 0 Å². The number of benzene rings is 2. The number of amides is 5. The molecule has 1 aliphatic carbocycles. The molecular formula is C43H60N6O7. The maximum atomic E-state index is 13.9. The molecule has 56 heavy (non-hydrogen) atoms. The average Bonchev–Trinajstić information content (AvgIpc) is 3.19. The number of carbonyl (C=O) groups excluding carboxylic acids is 5. The molecule has 1 fully saturated rings. The molecule has 0 spiro atoms. The predicted octanol–water partition coefficient (Wildman–Crippen LogP) is 4.30. The zero-order valence-corrected chi connectivity index (χ0v) is 33.2. The van der Waals surface area contributed by atoms with Crippen LogP contribution in [0.4, 0.5) is 0 Å². The van der Waals surface area contributed by atoms with E-state index in [1.54, 1.807) is 18.3 Å². The number of hydrogen-bond acceptors (Lipinski definition) is 8. The minimum atomic E-state index is -1.32. The van der Waals surface area contributed by atoms with Crippen LogP contribution in [-0.2, 0) is 30.5 Å². The molecule has 6 atom stereocenters. The van der Waals surface area contributed by atoms with E-state index in [4.69, 9.17) is 10.5 Å². The van der Waals surface area contributed by atoms with Crippen molar-refractivity contribution in [3.05, 3.63) is 72.6 Å². The van der Waals surface area contributed by atoms with Gasteiger partial charge in [0.25, 0.3) is 5.91 Å². The van der Waals surface area contributed by atoms with Gasteiger partial charge >= 0.3 is 0 Å². The summed E-state index contributed by atoms with van der Waals surface area (Å²) in [6.45, 7) is 7.41. The normalized spacial score (nSPS) is 16.5. The zero-order chi connectivity index (χ0) is 40.6. The van der Waals surface area contributed by atoms with E-state index in [0.717, 1.165) is 42.9 Å². The summed E-state index contributed by atoms with van der Waals surface area (Å²) in [6.07, 6.45) is 6.19. The number of ether oxygens (including phenoxy) is 1. The van der Waals surface area contributed by atoms with Crippen molar-refractivity contribution in [2.24, 2.45) is 29.4 Å². The third-order valence-electron chi connectivity index (χ3n) is 10.9. The topological polar surface area (TPSA) is 202 Å². The Morgan fingerprint density at radius 1 is 0.875 bits per heavy atom. The number of hydrogen-bond donors (Lipinski definition) is 6. The number of rotatable bonds is 21. The largest absolute Gasteiger partial charge is 0.483 e. The Bertz CT molecular complexity index is 1740. The average molecular weight is 773 g/mol. The highest BCUT2D eigenvalue weighted by atomic mass is 16.5. The summed E-state index contributed by atoms with van der Waals surface area (Å²) < 4.78 is 5.81. The highest BCUT2D eigenvalue weighted by molar-refractivity contribution is 5.93. The maximum absolute atomic E-state index is 13.9. The third-order valence-corrected chi connectivity index (χ3v) is 10.9. The summed E-state index contributed by atoms with van der Waals surface area (Å²) in [5, 5.41) is 25.0. The number of nitrogens with one attached hydrogen (secondary N) is 4. The Morgan fingerprint density at radius 2 is 1.59 bits per heavy atom. The Kier molecular flexibility index (Phi) is 17.1. The molecule has 13 heteroatoms. The lowest BCUT2D eigenvalue weighted by Gasteiger charge is -2.34. The van der Waals surface area contributed by atoms with Gasteiger partial charge in [-0.15, -0.1) is 0 Å². The quantitative estimate of drug-likeness (QED) is 0.0920. The van der Waals surface area contributed by atoms with Gasteiger partial charge in [-0.2, -0.15) is 0 Å². The standard InChI is InChI=1S/C43H60N6O7/c1-5-28(4)40(43(55)46-25-31-18-11-12-21-45-31)49-41(53)33(27(2)3)23-36(50)34(22-29-14-7-6-8-15-29)48-42(54)35(24-38(44)51)47-39(52)26-56-37-20-13-17-30-16-9-10-19-32(30)37/h9-13,16-21,27-29,33-36,40,50H,5-8,14-15,22-26H2,1-4H3,(H2,44,51)(H,46,55)(H,47,52)(H,48,54)(H,49,53)/t28?,33-,34-,35?,36-,40-/m0/s1. The summed E-state index contributed by atoms with van der Waals surface area (Å²) in [4.78, 5) is 70.6. The van der Waals surface area contributed by atoms with E-state index in [1.165, 1.54) is 0 Å². The number of carbonyl (C=O) groups is 5. The van der Waals surface area contributed by atoms with Crippen LogP contribution < -0.4 is 31.7 Å². The van der Waals surface area contributed by atoms with Crippen LogP contribution >= 0.6 is 0 Å². The maximum Gasteiger partial charge on any atom is 0.258 e. The number of nitrogens with zero attached hydrogens (tertiary/aromatic N) is 1. The smallest absolute Gasteiger partial charge is 0.258 e. The molecule has 1 aromatic heterocycles. The van der Waals surface area contributed by atoms with Crippen molar-refractivity contribution in [1.82, 2.24) is 26.3 Å². The fraction of sp³-hybridized carbons (Fsp3) is 0.535. The Labute approximate surface area is 330 Å². The molecule has 2 unspecified atom stereocenters. The molecule has 7 N–H and O–H groups in total. The number of aliphatic hydroxyl groups is 1. The van der Waals surface area contributed by atoms with Crippen LogP contribution in [0.15, 0.2) is 66.9 Å². The van der Waals surface area contributed by atoms with Gasteiger partial charge in [0.15, 0.2) is 6.61 Å². The van der Waals surface area contributed by atoms with Gasteiger partial charge in [0.1, 0.15) is 17.8 Å². The van der Waals surface area contributed by atoms with E-state index in [1.807, 2.05) is 76.2 Å². The van der Waals surface area contributed by atoms with Crippen LogP contribution in [0.5, 0.6) is 5.75 Å². The summed E-state index contributed by atoms with van der Waals surface area (Å²) in [5.41, 5.74) is 6.21. The fourth-order valence-electron chi connectivity index (χ4n) is 7.35. The van der Waals surface area contributed by atoms with Gasteiger partial charge < -0.3 is 36.8 Å². The summed E-state index contributed by atoms with van der Waals surface area (Å²) in [5.74, 6) is -3.14. The van der Waals surface area contributed by atoms with Gasteiger partial charge in [0.05, 0.1) is 30.8 Å². The van der Waals surface area contributed by atoms with Crippen molar-refractivity contribution >= 4 is 40.3 Å². The molecular weight excluding hydrogens is 713 g/mol. The van der Waals surface area contributed by atoms with Crippen molar-refractivity contribution in [2.75, 3.05) is 6.61 Å². The van der Waals surface area contributed by atoms with E-state index in [2.05, 4.69) is 26.3 Å². The minimum absolute atomic E-state index is 0.00959. The minimum Gasteiger partial charge on any atom is -0.483 e. The molecule has 13 nitrogen and oxygen atoms in total. The third kappa shape index (κ3) is 13.3. The Balaban J connectivity index is 1.46. The molecule has 0 bridgehead atoms. The van der Waals surface area contributed by atoms with Gasteiger partial charge in [-0.05, 0) is 54.2 Å². The number of pyridine rings is 1. The van der Waals surface area contributed by atoms with Crippen LogP contribution in [-0.4, -0.2) is 70.5 Å². The second-order valence-corrected chi connectivity index (χ2v) is 15.5. The predicted molar refractivity (Wildman–Crippen MR) is 215 cm³/mol. The first-order chi connectivity index (χ1) is 26.9. The summed E-state index contributed by atoms with van der Waals surface area (Å²) >= 11 is 0. The summed E-state index contributed by atoms with van der Waals surface area (Å²) in [6, 6.07) is 15.6. The first-order valence-corrected chi connectivity index (χ1v) is 20.0. The lowest BCUT2D eigenvalue weighted by Crippen LogP contribution is -2.55. The molecule has 3 aromatic rings. The van der Waals surface area contributed by atoms with Gasteiger partial charge in [0, 0.05) is 17.5 Å². The van der Waals surface area contributed by atoms with Crippen LogP contribution in [0.25, 0.3) is 10.8 Å². The zero-order valence-electron chi connectivity index (χ0n) is 33.2. The van der Waals surface area contributed by atoms with E-state index in [9.17, 15) is 29.1 Å². The van der Waals surface area contributed by atoms with Gasteiger partial charge in [-0.3, -0.25) is 29.0 Å². The number of aliphatic hydroxyl groups excluding tert-OH is 1. The molecule has 0 aliphatic heterocycles. The molecule has 1 heterocycles. The molecule has 304 valence electrons. The highest BCUT2D eigenvalue weighted by Crippen LogP contribution is 2.30. The second kappa shape index (κ2) is 21.9. The number of primary amides is 1. The molecule has 5 amide bonds. The van der Waals surface area contributed by atoms with Crippen LogP contribution in [0.2, 0.25) is 0 Å². The van der Waals surface area contributed by atoms with E-state index in [0.29, 0.717) is 24.3 Å². The SMILES string of the molecule is CCC(C)[C@H](NC(=O)[C@@H](C[C@H](O)[C@H](CC1CCCCC1)NC(=O)C(CC(N)=O)NC(=O)COc1cccc2ccccc12)C(C)C)C(=O)NCc1ccccn1. The van der Waals surface area contributed by atoms with E-state index in [-0.39, 0.29) is 42.5 Å². The van der Waals surface area contributed by atoms with Crippen LogP contribution in [0.3, 0.4) is 0 Å². The van der Waals surface area contributed by atoms with Crippen molar-refractivity contribution < 1.29 is 33.8 Å². The highest BCUT2D eigenvalue weighted by Gasteiger charge is 2.36. The lowest BCUT2D eigenvalue weighted by atomic mass is 9.81. The Hall–Kier alpha value is -5.04. The molecule has 0 radical (unpaired) electrons. The fourth-order valence-corrected chi connectivity index (χ4v) is 7.35. The van der Waals surface area contributed by atoms with Crippen LogP contribution in [0.1, 0.15) is 91.2 Å². The molecule has 2 aromatic carbocycles. The summed E-state index contributed by atoms with van der Waals surface area (Å²) in [7, 11) is 0. The first kappa shape index (κ1) is 43.7. The van der Waals surface area contributed by atoms with Gasteiger partial charge in [-0.25, -0.2) is 0 Å². The van der Waals surface area contributed by atoms with E-state index >= 15 is 0 Å². The monoisotopic (exact) mass is 772 g/mol. The second-order valence-electron chi connectivity index (χ2n) is 15.5. The Morgan fingerprint density at radius 3 is 2.27 bits per heavy atom. The first-order valence-electron chi connectivity index (χ1n) is 20.0. The molecule has 1 aliphatic rings. The number of aromatic nitrogens is 1. The number of fused-ring (bicyclic) bond motifs is 1. The molecule has 4 rings (SSSR count). The van der Waals surface area contributed by atoms with Gasteiger partial charge in [0.2, 0.25) is 23.6 Å². The molecule has 0 saturated heterocycles. The van der Waals surface area contributed by atoms with Crippen molar-refractivity contribution in [3.8, 4) is 5.75 Å². The van der Waals surface area contributed by atoms with Crippen molar-refractivity contribution in [1.29, 1.82) is 0 Å². The van der Waals surface area contributed by atoms with Crippen LogP contribution in [0, 0.1) is 23.7 Å². The molecule has 1 saturated carbocycles. The van der Waals surface area contributed by atoms with Crippen molar-refractivity contribution in [2.45, 2.75) is 116 Å². The van der Waals surface area contributed by atoms with E-state index < -0.39 is 60.9 Å². The van der Waals surface area contributed by atoms with Gasteiger partial charge in [-0.1, -0.05) is 109 Å². The lowest BCUT2D eigenvalue weighted by molar-refractivity contribution is -0.134.